The van der Waals surface area contributed by atoms with Crippen LogP contribution in [0.15, 0.2) is 52.8 Å². The highest BCUT2D eigenvalue weighted by Gasteiger charge is 2.52. The Balaban J connectivity index is 1.75. The number of halogens is 1. The molecule has 2 aromatic carbocycles. The summed E-state index contributed by atoms with van der Waals surface area (Å²) in [4.78, 5) is 16.5. The molecule has 0 radical (unpaired) electrons. The van der Waals surface area contributed by atoms with E-state index in [2.05, 4.69) is 4.85 Å². The van der Waals surface area contributed by atoms with Crippen molar-refractivity contribution in [2.45, 2.75) is 32.2 Å². The van der Waals surface area contributed by atoms with Gasteiger partial charge in [-0.2, -0.15) is 0 Å². The third-order valence-electron chi connectivity index (χ3n) is 6.17. The number of benzene rings is 2. The lowest BCUT2D eigenvalue weighted by atomic mass is 9.96. The fraction of sp³-hybridized carbons (Fsp3) is 0.231. The van der Waals surface area contributed by atoms with Gasteiger partial charge < -0.3 is 14.1 Å². The van der Waals surface area contributed by atoms with Gasteiger partial charge in [-0.05, 0) is 66.8 Å². The number of hydrogen-bond acceptors (Lipinski definition) is 3. The molecule has 2 heterocycles. The number of ether oxygens (including phenoxy) is 1. The second-order valence-corrected chi connectivity index (χ2v) is 9.36. The molecule has 0 aliphatic heterocycles. The summed E-state index contributed by atoms with van der Waals surface area (Å²) in [6.45, 7) is 11.3. The van der Waals surface area contributed by atoms with Gasteiger partial charge in [-0.3, -0.25) is 4.79 Å². The molecule has 160 valence electrons. The molecular formula is C26H21FN2O2S. The van der Waals surface area contributed by atoms with E-state index < -0.39 is 5.54 Å². The van der Waals surface area contributed by atoms with Crippen LogP contribution in [0, 0.1) is 26.2 Å². The first-order chi connectivity index (χ1) is 15.3. The lowest BCUT2D eigenvalue weighted by Gasteiger charge is -2.18. The van der Waals surface area contributed by atoms with Gasteiger partial charge in [0.2, 0.25) is 0 Å². The number of fused-ring (bicyclic) bond motifs is 1. The maximum Gasteiger partial charge on any atom is 0.268 e. The Morgan fingerprint density at radius 1 is 1.12 bits per heavy atom. The molecule has 4 nitrogen and oxygen atoms in total. The number of hydrogen-bond donors (Lipinski definition) is 0. The monoisotopic (exact) mass is 444 g/mol. The Morgan fingerprint density at radius 3 is 2.50 bits per heavy atom. The first-order valence-corrected chi connectivity index (χ1v) is 11.3. The van der Waals surface area contributed by atoms with Crippen LogP contribution in [0.3, 0.4) is 0 Å². The maximum absolute atomic E-state index is 13.8. The quantitative estimate of drug-likeness (QED) is 0.327. The molecule has 0 N–H and O–H groups in total. The summed E-state index contributed by atoms with van der Waals surface area (Å²) in [5.74, 6) is 0.922. The van der Waals surface area contributed by atoms with Crippen molar-refractivity contribution in [2.24, 2.45) is 7.05 Å². The van der Waals surface area contributed by atoms with E-state index in [0.717, 1.165) is 34.9 Å². The third kappa shape index (κ3) is 3.21. The van der Waals surface area contributed by atoms with Crippen molar-refractivity contribution in [3.05, 3.63) is 92.3 Å². The van der Waals surface area contributed by atoms with Crippen molar-refractivity contribution < 1.29 is 9.13 Å². The fourth-order valence-electron chi connectivity index (χ4n) is 4.25. The number of nitrogens with zero attached hydrogens (tertiary/aromatic N) is 2. The van der Waals surface area contributed by atoms with Crippen LogP contribution in [0.4, 0.5) is 4.39 Å². The molecule has 1 aliphatic carbocycles. The van der Waals surface area contributed by atoms with Crippen molar-refractivity contribution in [1.82, 2.24) is 4.57 Å². The van der Waals surface area contributed by atoms with Gasteiger partial charge in [-0.15, -0.1) is 11.3 Å². The van der Waals surface area contributed by atoms with Crippen molar-refractivity contribution in [3.8, 4) is 22.6 Å². The summed E-state index contributed by atoms with van der Waals surface area (Å²) in [5, 5.41) is 2.77. The van der Waals surface area contributed by atoms with Crippen LogP contribution < -0.4 is 10.3 Å². The number of thiophene rings is 1. The van der Waals surface area contributed by atoms with Crippen LogP contribution in [-0.4, -0.2) is 4.57 Å². The van der Waals surface area contributed by atoms with Crippen LogP contribution in [0.2, 0.25) is 0 Å². The average molecular weight is 445 g/mol. The van der Waals surface area contributed by atoms with Crippen molar-refractivity contribution in [2.75, 3.05) is 0 Å². The van der Waals surface area contributed by atoms with E-state index >= 15 is 0 Å². The summed E-state index contributed by atoms with van der Waals surface area (Å²) < 4.78 is 22.5. The smallest absolute Gasteiger partial charge is 0.268 e. The third-order valence-corrected chi connectivity index (χ3v) is 7.08. The molecule has 1 saturated carbocycles. The molecule has 0 amide bonds. The first-order valence-electron chi connectivity index (χ1n) is 10.4. The lowest BCUT2D eigenvalue weighted by Crippen LogP contribution is -2.15. The van der Waals surface area contributed by atoms with Gasteiger partial charge in [0.15, 0.2) is 0 Å². The normalized spacial score (nSPS) is 14.3. The molecule has 32 heavy (non-hydrogen) atoms. The second-order valence-electron chi connectivity index (χ2n) is 8.45. The van der Waals surface area contributed by atoms with Crippen LogP contribution in [-0.2, 0) is 12.6 Å². The Labute approximate surface area is 189 Å². The van der Waals surface area contributed by atoms with Gasteiger partial charge in [-0.25, -0.2) is 11.0 Å². The molecule has 1 fully saturated rings. The minimum atomic E-state index is -0.469. The summed E-state index contributed by atoms with van der Waals surface area (Å²) in [6, 6.07) is 10.7. The molecule has 0 unspecified atom stereocenters. The van der Waals surface area contributed by atoms with Gasteiger partial charge >= 0.3 is 0 Å². The largest absolute Gasteiger partial charge is 0.456 e. The van der Waals surface area contributed by atoms with E-state index in [1.54, 1.807) is 11.6 Å². The van der Waals surface area contributed by atoms with Crippen LogP contribution in [0.1, 0.15) is 29.5 Å². The predicted octanol–water partition coefficient (Wildman–Crippen LogP) is 6.72. The van der Waals surface area contributed by atoms with E-state index in [-0.39, 0.29) is 11.4 Å². The molecule has 5 rings (SSSR count). The molecular weight excluding hydrogens is 423 g/mol. The minimum Gasteiger partial charge on any atom is -0.456 e. The highest BCUT2D eigenvalue weighted by atomic mass is 32.1. The van der Waals surface area contributed by atoms with E-state index in [9.17, 15) is 9.18 Å². The van der Waals surface area contributed by atoms with E-state index in [0.29, 0.717) is 27.3 Å². The number of rotatable bonds is 4. The van der Waals surface area contributed by atoms with Crippen LogP contribution in [0.5, 0.6) is 11.5 Å². The Bertz CT molecular complexity index is 1470. The molecule has 0 spiro atoms. The van der Waals surface area contributed by atoms with Crippen molar-refractivity contribution in [3.63, 3.8) is 0 Å². The topological polar surface area (TPSA) is 35.6 Å². The maximum atomic E-state index is 13.8. The van der Waals surface area contributed by atoms with E-state index in [4.69, 9.17) is 11.3 Å². The highest BCUT2D eigenvalue weighted by Crippen LogP contribution is 2.51. The van der Waals surface area contributed by atoms with Gasteiger partial charge in [0.1, 0.15) is 22.0 Å². The number of aromatic nitrogens is 1. The standard InChI is InChI=1S/C26H21FN2O2S/c1-15-11-18(27)12-16(2)23(15)31-22-6-5-17(26(28-3)8-9-26)13-20(22)21-14-29(4)25(30)24-19(21)7-10-32-24/h5-7,10-14H,8-9H2,1-2,4H3. The summed E-state index contributed by atoms with van der Waals surface area (Å²) in [5.41, 5.74) is 3.56. The summed E-state index contributed by atoms with van der Waals surface area (Å²) >= 11 is 1.42. The molecule has 6 heteroatoms. The van der Waals surface area contributed by atoms with E-state index in [1.165, 1.54) is 23.5 Å². The summed E-state index contributed by atoms with van der Waals surface area (Å²) in [6.07, 6.45) is 3.51. The van der Waals surface area contributed by atoms with Gasteiger partial charge in [0.05, 0.1) is 0 Å². The lowest BCUT2D eigenvalue weighted by molar-refractivity contribution is 0.474. The van der Waals surface area contributed by atoms with Crippen molar-refractivity contribution in [1.29, 1.82) is 0 Å². The van der Waals surface area contributed by atoms with Crippen LogP contribution in [0.25, 0.3) is 26.1 Å². The van der Waals surface area contributed by atoms with Gasteiger partial charge in [-0.1, -0.05) is 0 Å². The predicted molar refractivity (Wildman–Crippen MR) is 126 cm³/mol. The fourth-order valence-corrected chi connectivity index (χ4v) is 5.14. The number of pyridine rings is 1. The molecule has 2 aromatic heterocycles. The highest BCUT2D eigenvalue weighted by molar-refractivity contribution is 7.17. The van der Waals surface area contributed by atoms with Gasteiger partial charge in [0.25, 0.3) is 11.1 Å². The molecule has 0 bridgehead atoms. The first kappa shape index (κ1) is 20.5. The Kier molecular flexibility index (Phi) is 4.68. The zero-order valence-corrected chi connectivity index (χ0v) is 18.8. The SMILES string of the molecule is [C-]#[N+]C1(c2ccc(Oc3c(C)cc(F)cc3C)c(-c3cn(C)c(=O)c4sccc34)c2)CC1. The molecule has 1 aliphatic rings. The Morgan fingerprint density at radius 2 is 1.84 bits per heavy atom. The van der Waals surface area contributed by atoms with Crippen LogP contribution >= 0.6 is 11.3 Å². The minimum absolute atomic E-state index is 0.0394. The zero-order valence-electron chi connectivity index (χ0n) is 18.0. The van der Waals surface area contributed by atoms with Gasteiger partial charge in [0, 0.05) is 48.2 Å². The van der Waals surface area contributed by atoms with Crippen molar-refractivity contribution >= 4 is 21.4 Å². The molecule has 0 atom stereocenters. The molecule has 4 aromatic rings. The number of aryl methyl sites for hydroxylation is 3. The summed E-state index contributed by atoms with van der Waals surface area (Å²) in [7, 11) is 1.74. The Hall–Kier alpha value is -3.43. The second kappa shape index (κ2) is 7.32. The van der Waals surface area contributed by atoms with E-state index in [1.807, 2.05) is 49.7 Å². The molecule has 0 saturated heterocycles. The zero-order chi connectivity index (χ0) is 22.6. The average Bonchev–Trinajstić information content (AvgIpc) is 3.41.